The molecule has 2 aliphatic rings. The number of nitrogens with zero attached hydrogens (tertiary/aromatic N) is 2. The molecule has 0 aliphatic carbocycles. The lowest BCUT2D eigenvalue weighted by atomic mass is 9.85. The third kappa shape index (κ3) is 9.78. The van der Waals surface area contributed by atoms with Crippen LogP contribution in [0.3, 0.4) is 0 Å². The molecule has 2 aromatic rings. The summed E-state index contributed by atoms with van der Waals surface area (Å²) < 4.78 is 0. The van der Waals surface area contributed by atoms with Crippen molar-refractivity contribution in [2.75, 3.05) is 31.1 Å². The highest BCUT2D eigenvalue weighted by Crippen LogP contribution is 2.29. The van der Waals surface area contributed by atoms with Crippen LogP contribution in [0.2, 0.25) is 0 Å². The summed E-state index contributed by atoms with van der Waals surface area (Å²) in [5, 5.41) is 12.9. The summed E-state index contributed by atoms with van der Waals surface area (Å²) in [7, 11) is 0. The minimum absolute atomic E-state index is 0.0345. The van der Waals surface area contributed by atoms with Crippen molar-refractivity contribution in [3.63, 3.8) is 0 Å². The summed E-state index contributed by atoms with van der Waals surface area (Å²) in [5.74, 6) is -4.60. The van der Waals surface area contributed by atoms with Crippen LogP contribution in [0, 0.1) is 12.3 Å². The van der Waals surface area contributed by atoms with Gasteiger partial charge in [-0.05, 0) is 36.3 Å². The standard InChI is InChI=1S/C32H42N8O7S2/c1-17-26(49-16-36-17)19-9-7-18(8-10-19)25-30(46)35-12-22(41)34-13-23(42)37-20(28(33)44)14-48-15-24(43)38-27(32(2,3)4)31(47)40-11-5-6-21(40)29(45)39-25/h7-10,16,20-21,25,27H,5-6,11-15H2,1-4H3,(H2,33,44)(H,34,41)(H,35,46)(H,37,42)(H,38,43)(H,39,45)/t20-,21+,25-,27?/m1/s1. The van der Waals surface area contributed by atoms with Crippen LogP contribution in [-0.2, 0) is 33.6 Å². The highest BCUT2D eigenvalue weighted by Gasteiger charge is 2.42. The highest BCUT2D eigenvalue weighted by atomic mass is 32.2. The quantitative estimate of drug-likeness (QED) is 0.246. The number of nitrogens with one attached hydrogen (secondary N) is 5. The number of aryl methyl sites for hydroxylation is 1. The summed E-state index contributed by atoms with van der Waals surface area (Å²) in [5.41, 5.74) is 8.59. The lowest BCUT2D eigenvalue weighted by Crippen LogP contribution is -2.58. The van der Waals surface area contributed by atoms with Gasteiger partial charge in [0.05, 0.1) is 34.9 Å². The molecule has 0 spiro atoms. The van der Waals surface area contributed by atoms with Gasteiger partial charge in [0.25, 0.3) is 0 Å². The van der Waals surface area contributed by atoms with E-state index in [4.69, 9.17) is 5.73 Å². The molecule has 264 valence electrons. The normalized spacial score (nSPS) is 24.0. The zero-order chi connectivity index (χ0) is 35.9. The number of aromatic nitrogens is 1. The molecule has 2 saturated heterocycles. The number of primary amides is 1. The summed E-state index contributed by atoms with van der Waals surface area (Å²) in [4.78, 5) is 98.1. The van der Waals surface area contributed by atoms with Gasteiger partial charge in [-0.3, -0.25) is 33.6 Å². The first kappa shape index (κ1) is 37.3. The number of fused-ring (bicyclic) bond motifs is 1. The number of rotatable bonds is 3. The van der Waals surface area contributed by atoms with E-state index in [0.29, 0.717) is 18.4 Å². The lowest BCUT2D eigenvalue weighted by molar-refractivity contribution is -0.144. The highest BCUT2D eigenvalue weighted by molar-refractivity contribution is 8.00. The fourth-order valence-electron chi connectivity index (χ4n) is 5.49. The van der Waals surface area contributed by atoms with Gasteiger partial charge >= 0.3 is 0 Å². The molecule has 1 aromatic carbocycles. The van der Waals surface area contributed by atoms with Gasteiger partial charge in [-0.1, -0.05) is 45.0 Å². The summed E-state index contributed by atoms with van der Waals surface area (Å²) in [6, 6.07) is 2.72. The number of thioether (sulfide) groups is 1. The van der Waals surface area contributed by atoms with E-state index >= 15 is 0 Å². The van der Waals surface area contributed by atoms with Gasteiger partial charge in [0.2, 0.25) is 41.4 Å². The molecule has 0 saturated carbocycles. The zero-order valence-electron chi connectivity index (χ0n) is 27.8. The number of hydrogen-bond acceptors (Lipinski definition) is 10. The van der Waals surface area contributed by atoms with E-state index in [-0.39, 0.29) is 18.1 Å². The number of thiazole rings is 1. The number of nitrogens with two attached hydrogens (primary N) is 1. The molecular formula is C32H42N8O7S2. The van der Waals surface area contributed by atoms with E-state index in [1.165, 1.54) is 16.2 Å². The maximum atomic E-state index is 14.0. The van der Waals surface area contributed by atoms with Gasteiger partial charge in [0, 0.05) is 12.3 Å². The second-order valence-electron chi connectivity index (χ2n) is 12.9. The molecule has 7 amide bonds. The second-order valence-corrected chi connectivity index (χ2v) is 14.8. The van der Waals surface area contributed by atoms with Gasteiger partial charge in [-0.25, -0.2) is 4.98 Å². The average molecular weight is 715 g/mol. The fourth-order valence-corrected chi connectivity index (χ4v) is 7.17. The summed E-state index contributed by atoms with van der Waals surface area (Å²) in [6.07, 6.45) is 0.874. The third-order valence-electron chi connectivity index (χ3n) is 8.12. The molecule has 4 atom stereocenters. The maximum Gasteiger partial charge on any atom is 0.247 e. The molecule has 0 radical (unpaired) electrons. The van der Waals surface area contributed by atoms with E-state index in [1.807, 2.05) is 6.92 Å². The molecule has 15 nitrogen and oxygen atoms in total. The fraction of sp³-hybridized carbons (Fsp3) is 0.500. The Hall–Kier alpha value is -4.51. The zero-order valence-corrected chi connectivity index (χ0v) is 29.4. The molecular weight excluding hydrogens is 673 g/mol. The predicted octanol–water partition coefficient (Wildman–Crippen LogP) is -0.253. The SMILES string of the molecule is Cc1ncsc1-c1ccc([C@H]2NC(=O)[C@@H]3CCCN3C(=O)C(C(C)(C)C)NC(=O)CSC[C@H](C(N)=O)NC(=O)CNC(=O)CNC2=O)cc1. The Balaban J connectivity index is 1.64. The van der Waals surface area contributed by atoms with Gasteiger partial charge in [0.1, 0.15) is 24.2 Å². The number of carbonyl (C=O) groups is 7. The van der Waals surface area contributed by atoms with Crippen molar-refractivity contribution in [1.29, 1.82) is 0 Å². The second kappa shape index (κ2) is 16.3. The predicted molar refractivity (Wildman–Crippen MR) is 184 cm³/mol. The van der Waals surface area contributed by atoms with E-state index in [2.05, 4.69) is 31.6 Å². The Labute approximate surface area is 292 Å². The van der Waals surface area contributed by atoms with Gasteiger partial charge in [0.15, 0.2) is 0 Å². The van der Waals surface area contributed by atoms with Crippen molar-refractivity contribution < 1.29 is 33.6 Å². The van der Waals surface area contributed by atoms with Crippen molar-refractivity contribution in [3.05, 3.63) is 41.0 Å². The molecule has 3 heterocycles. The van der Waals surface area contributed by atoms with Gasteiger partial charge in [-0.2, -0.15) is 0 Å². The van der Waals surface area contributed by atoms with Crippen molar-refractivity contribution in [3.8, 4) is 10.4 Å². The first-order chi connectivity index (χ1) is 23.1. The first-order valence-electron chi connectivity index (χ1n) is 15.8. The van der Waals surface area contributed by atoms with Crippen molar-refractivity contribution in [1.82, 2.24) is 36.5 Å². The molecule has 1 unspecified atom stereocenters. The number of hydrogen-bond donors (Lipinski definition) is 6. The Bertz CT molecular complexity index is 1590. The van der Waals surface area contributed by atoms with E-state index in [0.717, 1.165) is 27.9 Å². The van der Waals surface area contributed by atoms with Crippen LogP contribution in [0.15, 0.2) is 29.8 Å². The summed E-state index contributed by atoms with van der Waals surface area (Å²) in [6.45, 7) is 6.52. The molecule has 49 heavy (non-hydrogen) atoms. The monoisotopic (exact) mass is 714 g/mol. The Kier molecular flexibility index (Phi) is 12.4. The minimum atomic E-state index is -1.24. The Morgan fingerprint density at radius 3 is 2.24 bits per heavy atom. The van der Waals surface area contributed by atoms with Crippen LogP contribution in [0.4, 0.5) is 0 Å². The molecule has 7 N–H and O–H groups in total. The minimum Gasteiger partial charge on any atom is -0.368 e. The lowest BCUT2D eigenvalue weighted by Gasteiger charge is -2.35. The molecule has 2 fully saturated rings. The van der Waals surface area contributed by atoms with Gasteiger partial charge in [-0.15, -0.1) is 23.1 Å². The topological polar surface area (TPSA) is 222 Å². The number of amides is 7. The smallest absolute Gasteiger partial charge is 0.247 e. The van der Waals surface area contributed by atoms with Crippen LogP contribution in [0.1, 0.15) is 50.9 Å². The van der Waals surface area contributed by atoms with E-state index in [1.54, 1.807) is 50.5 Å². The molecule has 1 aromatic heterocycles. The molecule has 4 rings (SSSR count). The molecule has 2 aliphatic heterocycles. The summed E-state index contributed by atoms with van der Waals surface area (Å²) >= 11 is 2.50. The van der Waals surface area contributed by atoms with Crippen LogP contribution < -0.4 is 32.3 Å². The van der Waals surface area contributed by atoms with Crippen LogP contribution >= 0.6 is 23.1 Å². The molecule has 17 heteroatoms. The third-order valence-corrected chi connectivity index (χ3v) is 10.1. The number of benzene rings is 1. The van der Waals surface area contributed by atoms with Crippen LogP contribution in [0.5, 0.6) is 0 Å². The van der Waals surface area contributed by atoms with Gasteiger partial charge < -0.3 is 37.2 Å². The Morgan fingerprint density at radius 2 is 1.61 bits per heavy atom. The Morgan fingerprint density at radius 1 is 0.918 bits per heavy atom. The maximum absolute atomic E-state index is 14.0. The first-order valence-corrected chi connectivity index (χ1v) is 17.8. The molecule has 0 bridgehead atoms. The van der Waals surface area contributed by atoms with Crippen LogP contribution in [-0.4, -0.2) is 100 Å². The van der Waals surface area contributed by atoms with E-state index < -0.39 is 84.0 Å². The van der Waals surface area contributed by atoms with Crippen LogP contribution in [0.25, 0.3) is 10.4 Å². The largest absolute Gasteiger partial charge is 0.368 e. The van der Waals surface area contributed by atoms with E-state index in [9.17, 15) is 33.6 Å². The van der Waals surface area contributed by atoms with Crippen molar-refractivity contribution in [2.45, 2.75) is 64.7 Å². The average Bonchev–Trinajstić information content (AvgIpc) is 3.72. The van der Waals surface area contributed by atoms with Crippen molar-refractivity contribution >= 4 is 64.4 Å². The van der Waals surface area contributed by atoms with Crippen molar-refractivity contribution in [2.24, 2.45) is 11.1 Å². The number of carbonyl (C=O) groups excluding carboxylic acids is 7.